The number of hydrogen-bond donors (Lipinski definition) is 1. The van der Waals surface area contributed by atoms with E-state index in [1.165, 1.54) is 10.8 Å². The van der Waals surface area contributed by atoms with Crippen molar-refractivity contribution in [2.75, 3.05) is 5.01 Å². The standard InChI is InChI=1S/C24H30N2O2/c1-23(2)22(27)25(20-12-11-16-13-18(20)15-24(3,28)14-16)26(23)21-10-6-8-17-7-4-5-9-19(17)21/h4-10,16,18,20,28H,11-15H2,1-3H3/t16?,18?,20-,24+/m0/s1. The fraction of sp³-hybridized carbons (Fsp3) is 0.542. The molecule has 2 aliphatic carbocycles. The number of rotatable bonds is 2. The normalized spacial score (nSPS) is 34.4. The predicted molar refractivity (Wildman–Crippen MR) is 112 cm³/mol. The van der Waals surface area contributed by atoms with Crippen molar-refractivity contribution in [3.63, 3.8) is 0 Å². The average Bonchev–Trinajstić information content (AvgIpc) is 2.65. The topological polar surface area (TPSA) is 43.8 Å². The Morgan fingerprint density at radius 3 is 2.57 bits per heavy atom. The van der Waals surface area contributed by atoms with E-state index in [2.05, 4.69) is 47.5 Å². The second kappa shape index (κ2) is 5.96. The van der Waals surface area contributed by atoms with Crippen LogP contribution in [-0.4, -0.2) is 33.2 Å². The Hall–Kier alpha value is -2.07. The Kier molecular flexibility index (Phi) is 3.83. The van der Waals surface area contributed by atoms with E-state index < -0.39 is 11.1 Å². The van der Waals surface area contributed by atoms with Crippen LogP contribution in [-0.2, 0) is 4.79 Å². The van der Waals surface area contributed by atoms with E-state index in [1.807, 2.05) is 25.8 Å². The van der Waals surface area contributed by atoms with E-state index >= 15 is 0 Å². The van der Waals surface area contributed by atoms with E-state index in [0.29, 0.717) is 11.8 Å². The largest absolute Gasteiger partial charge is 0.390 e. The first-order valence-electron chi connectivity index (χ1n) is 10.6. The number of carbonyl (C=O) groups excluding carboxylic acids is 1. The molecule has 0 radical (unpaired) electrons. The first-order chi connectivity index (χ1) is 13.3. The predicted octanol–water partition coefficient (Wildman–Crippen LogP) is 4.51. The molecule has 5 rings (SSSR count). The van der Waals surface area contributed by atoms with Crippen molar-refractivity contribution in [3.05, 3.63) is 42.5 Å². The van der Waals surface area contributed by atoms with E-state index in [4.69, 9.17) is 0 Å². The SMILES string of the molecule is CC1(C)C(=O)N([C@H]2CCC3CC2C[C@](C)(O)C3)N1c1cccc2ccccc12. The molecule has 2 aromatic rings. The minimum atomic E-state index is -0.597. The summed E-state index contributed by atoms with van der Waals surface area (Å²) in [6, 6.07) is 14.9. The van der Waals surface area contributed by atoms with Crippen LogP contribution in [0.25, 0.3) is 10.8 Å². The van der Waals surface area contributed by atoms with Gasteiger partial charge in [-0.1, -0.05) is 36.4 Å². The highest BCUT2D eigenvalue weighted by atomic mass is 16.3. The third-order valence-electron chi connectivity index (χ3n) is 7.27. The number of anilines is 1. The van der Waals surface area contributed by atoms with Gasteiger partial charge >= 0.3 is 0 Å². The van der Waals surface area contributed by atoms with Gasteiger partial charge in [-0.3, -0.25) is 9.80 Å². The molecule has 1 saturated heterocycles. The maximum Gasteiger partial charge on any atom is 0.268 e. The van der Waals surface area contributed by atoms with Crippen LogP contribution in [0, 0.1) is 11.8 Å². The van der Waals surface area contributed by atoms with Crippen LogP contribution in [0.4, 0.5) is 5.69 Å². The molecule has 2 aromatic carbocycles. The van der Waals surface area contributed by atoms with E-state index in [9.17, 15) is 9.90 Å². The average molecular weight is 379 g/mol. The second-order valence-corrected chi connectivity index (χ2v) is 9.93. The number of hydrogen-bond acceptors (Lipinski definition) is 3. The number of hydrazine groups is 1. The zero-order valence-electron chi connectivity index (χ0n) is 17.1. The first kappa shape index (κ1) is 18.0. The highest BCUT2D eigenvalue weighted by Crippen LogP contribution is 2.50. The van der Waals surface area contributed by atoms with Gasteiger partial charge in [0, 0.05) is 5.39 Å². The summed E-state index contributed by atoms with van der Waals surface area (Å²) in [5, 5.41) is 17.4. The molecule has 4 heteroatoms. The lowest BCUT2D eigenvalue weighted by Gasteiger charge is -2.62. The van der Waals surface area contributed by atoms with Crippen molar-refractivity contribution in [1.82, 2.24) is 5.01 Å². The Bertz CT molecular complexity index is 930. The summed E-state index contributed by atoms with van der Waals surface area (Å²) in [5.74, 6) is 1.18. The Labute approximate surface area is 167 Å². The molecular formula is C24H30N2O2. The fourth-order valence-corrected chi connectivity index (χ4v) is 6.14. The Balaban J connectivity index is 1.55. The number of fused-ring (bicyclic) bond motifs is 3. The van der Waals surface area contributed by atoms with Gasteiger partial charge in [0.15, 0.2) is 0 Å². The first-order valence-corrected chi connectivity index (χ1v) is 10.6. The maximum atomic E-state index is 13.2. The van der Waals surface area contributed by atoms with Crippen molar-refractivity contribution in [2.24, 2.45) is 11.8 Å². The second-order valence-electron chi connectivity index (χ2n) is 9.93. The van der Waals surface area contributed by atoms with E-state index in [1.54, 1.807) is 0 Å². The van der Waals surface area contributed by atoms with Crippen LogP contribution in [0.2, 0.25) is 0 Å². The van der Waals surface area contributed by atoms with Gasteiger partial charge in [-0.15, -0.1) is 0 Å². The van der Waals surface area contributed by atoms with Crippen molar-refractivity contribution >= 4 is 22.4 Å². The molecule has 2 bridgehead atoms. The van der Waals surface area contributed by atoms with E-state index in [-0.39, 0.29) is 11.9 Å². The van der Waals surface area contributed by atoms with Crippen LogP contribution >= 0.6 is 0 Å². The zero-order chi connectivity index (χ0) is 19.7. The lowest BCUT2D eigenvalue weighted by molar-refractivity contribution is -0.163. The summed E-state index contributed by atoms with van der Waals surface area (Å²) in [6.07, 6.45) is 4.97. The molecule has 2 saturated carbocycles. The third kappa shape index (κ3) is 2.57. The molecule has 1 amide bonds. The van der Waals surface area contributed by atoms with E-state index in [0.717, 1.165) is 37.8 Å². The molecule has 1 heterocycles. The van der Waals surface area contributed by atoms with Gasteiger partial charge in [0.25, 0.3) is 5.91 Å². The summed E-state index contributed by atoms with van der Waals surface area (Å²) >= 11 is 0. The number of nitrogens with zero attached hydrogens (tertiary/aromatic N) is 2. The fourth-order valence-electron chi connectivity index (χ4n) is 6.14. The molecule has 0 aromatic heterocycles. The Morgan fingerprint density at radius 1 is 1.00 bits per heavy atom. The van der Waals surface area contributed by atoms with Gasteiger partial charge in [-0.2, -0.15) is 0 Å². The van der Waals surface area contributed by atoms with Crippen molar-refractivity contribution in [2.45, 2.75) is 70.1 Å². The minimum absolute atomic E-state index is 0.183. The summed E-state index contributed by atoms with van der Waals surface area (Å²) < 4.78 is 0. The summed E-state index contributed by atoms with van der Waals surface area (Å²) in [7, 11) is 0. The quantitative estimate of drug-likeness (QED) is 0.836. The summed E-state index contributed by atoms with van der Waals surface area (Å²) in [6.45, 7) is 6.02. The van der Waals surface area contributed by atoms with Gasteiger partial charge in [0.05, 0.1) is 17.3 Å². The zero-order valence-corrected chi connectivity index (χ0v) is 17.1. The molecular weight excluding hydrogens is 348 g/mol. The summed E-state index contributed by atoms with van der Waals surface area (Å²) in [4.78, 5) is 13.2. The lowest BCUT2D eigenvalue weighted by Crippen LogP contribution is -2.79. The molecule has 1 aliphatic heterocycles. The molecule has 28 heavy (non-hydrogen) atoms. The van der Waals surface area contributed by atoms with Crippen molar-refractivity contribution < 1.29 is 9.90 Å². The third-order valence-corrected chi connectivity index (χ3v) is 7.27. The molecule has 3 fully saturated rings. The highest BCUT2D eigenvalue weighted by Gasteiger charge is 2.58. The molecule has 1 N–H and O–H groups in total. The van der Waals surface area contributed by atoms with Gasteiger partial charge in [0.1, 0.15) is 5.54 Å². The molecule has 4 atom stereocenters. The van der Waals surface area contributed by atoms with Crippen molar-refractivity contribution in [3.8, 4) is 0 Å². The van der Waals surface area contributed by atoms with Gasteiger partial charge in [-0.25, -0.2) is 5.01 Å². The molecule has 148 valence electrons. The van der Waals surface area contributed by atoms with Crippen LogP contribution in [0.5, 0.6) is 0 Å². The summed E-state index contributed by atoms with van der Waals surface area (Å²) in [5.41, 5.74) is -0.0367. The molecule has 2 unspecified atom stereocenters. The monoisotopic (exact) mass is 378 g/mol. The minimum Gasteiger partial charge on any atom is -0.390 e. The molecule has 3 aliphatic rings. The van der Waals surface area contributed by atoms with Crippen LogP contribution < -0.4 is 5.01 Å². The number of aliphatic hydroxyl groups is 1. The lowest BCUT2D eigenvalue weighted by atomic mass is 9.64. The van der Waals surface area contributed by atoms with Gasteiger partial charge in [0.2, 0.25) is 0 Å². The van der Waals surface area contributed by atoms with Crippen LogP contribution in [0.1, 0.15) is 52.9 Å². The van der Waals surface area contributed by atoms with Gasteiger partial charge in [-0.05, 0) is 76.2 Å². The molecule has 4 nitrogen and oxygen atoms in total. The van der Waals surface area contributed by atoms with Gasteiger partial charge < -0.3 is 5.11 Å². The number of amides is 1. The number of carbonyl (C=O) groups is 1. The number of benzene rings is 2. The van der Waals surface area contributed by atoms with Crippen LogP contribution in [0.15, 0.2) is 42.5 Å². The maximum absolute atomic E-state index is 13.2. The smallest absolute Gasteiger partial charge is 0.268 e. The molecule has 0 spiro atoms. The van der Waals surface area contributed by atoms with Crippen molar-refractivity contribution in [1.29, 1.82) is 0 Å². The highest BCUT2D eigenvalue weighted by molar-refractivity contribution is 6.03. The van der Waals surface area contributed by atoms with Crippen LogP contribution in [0.3, 0.4) is 0 Å². The Morgan fingerprint density at radius 2 is 1.75 bits per heavy atom.